The molecule has 0 unspecified atom stereocenters. The molecule has 0 heterocycles. The molecule has 2 nitrogen and oxygen atoms in total. The molecular weight excluding hydrogens is 352 g/mol. The Hall–Kier alpha value is -0.800. The van der Waals surface area contributed by atoms with Crippen molar-refractivity contribution in [3.05, 3.63) is 40.4 Å². The molecule has 1 aromatic rings. The molecule has 0 bridgehead atoms. The minimum atomic E-state index is -0.665. The summed E-state index contributed by atoms with van der Waals surface area (Å²) in [5.74, 6) is 2.26. The molecule has 2 fully saturated rings. The van der Waals surface area contributed by atoms with Crippen LogP contribution < -0.4 is 0 Å². The van der Waals surface area contributed by atoms with Crippen molar-refractivity contribution in [1.29, 1.82) is 0 Å². The van der Waals surface area contributed by atoms with Gasteiger partial charge in [0.1, 0.15) is 5.75 Å². The van der Waals surface area contributed by atoms with Crippen molar-refractivity contribution in [2.24, 2.45) is 17.3 Å². The van der Waals surface area contributed by atoms with Gasteiger partial charge in [-0.15, -0.1) is 0 Å². The first kappa shape index (κ1) is 15.7. The van der Waals surface area contributed by atoms with E-state index in [1.54, 1.807) is 0 Å². The molecule has 3 aliphatic rings. The zero-order chi connectivity index (χ0) is 16.2. The number of phenolic OH excluding ortho intramolecular Hbond substituents is 1. The van der Waals surface area contributed by atoms with Gasteiger partial charge in [-0.3, -0.25) is 0 Å². The van der Waals surface area contributed by atoms with E-state index in [4.69, 9.17) is 0 Å². The van der Waals surface area contributed by atoms with Gasteiger partial charge < -0.3 is 10.2 Å². The lowest BCUT2D eigenvalue weighted by molar-refractivity contribution is -0.0708. The van der Waals surface area contributed by atoms with Gasteiger partial charge in [0.15, 0.2) is 0 Å². The van der Waals surface area contributed by atoms with Crippen molar-refractivity contribution < 1.29 is 10.2 Å². The Morgan fingerprint density at radius 1 is 1.22 bits per heavy atom. The van der Waals surface area contributed by atoms with Crippen LogP contribution in [0.4, 0.5) is 0 Å². The summed E-state index contributed by atoms with van der Waals surface area (Å²) >= 11 is 3.37. The summed E-state index contributed by atoms with van der Waals surface area (Å²) in [7, 11) is 0. The third-order valence-corrected chi connectivity index (χ3v) is 7.53. The standard InChI is InChI=1S/C20H25BrO2/c1-19-8-6-16-15-5-3-14(22)12-13(15)2-4-17(16)18(19)7-9-20(19,23)10-11-21/h3,5,10-12,16-18,22-23H,2,4,6-9H2,1H3/b11-10+/t16-,17+,18+,19+,20-/m1/s1. The summed E-state index contributed by atoms with van der Waals surface area (Å²) in [6.07, 6.45) is 8.45. The number of halogens is 1. The van der Waals surface area contributed by atoms with Gasteiger partial charge in [-0.05, 0) is 90.6 Å². The van der Waals surface area contributed by atoms with Crippen LogP contribution in [-0.4, -0.2) is 15.8 Å². The Balaban J connectivity index is 1.70. The molecule has 3 heteroatoms. The predicted molar refractivity (Wildman–Crippen MR) is 95.7 cm³/mol. The lowest BCUT2D eigenvalue weighted by Gasteiger charge is -2.52. The van der Waals surface area contributed by atoms with Crippen LogP contribution in [0.1, 0.15) is 56.1 Å². The Morgan fingerprint density at radius 2 is 2.04 bits per heavy atom. The van der Waals surface area contributed by atoms with Crippen molar-refractivity contribution in [2.75, 3.05) is 0 Å². The van der Waals surface area contributed by atoms with E-state index in [2.05, 4.69) is 28.9 Å². The van der Waals surface area contributed by atoms with Crippen LogP contribution in [0.25, 0.3) is 0 Å². The average molecular weight is 377 g/mol. The molecule has 0 aliphatic heterocycles. The highest BCUT2D eigenvalue weighted by Gasteiger charge is 2.60. The first-order valence-electron chi connectivity index (χ1n) is 8.80. The van der Waals surface area contributed by atoms with E-state index in [1.165, 1.54) is 17.5 Å². The van der Waals surface area contributed by atoms with Crippen LogP contribution in [0.3, 0.4) is 0 Å². The third-order valence-electron chi connectivity index (χ3n) is 7.26. The van der Waals surface area contributed by atoms with Gasteiger partial charge in [-0.1, -0.05) is 28.9 Å². The lowest BCUT2D eigenvalue weighted by atomic mass is 9.53. The van der Waals surface area contributed by atoms with Crippen molar-refractivity contribution >= 4 is 15.9 Å². The number of benzene rings is 1. The van der Waals surface area contributed by atoms with Gasteiger partial charge in [0.05, 0.1) is 5.60 Å². The quantitative estimate of drug-likeness (QED) is 0.732. The van der Waals surface area contributed by atoms with E-state index in [9.17, 15) is 10.2 Å². The third kappa shape index (κ3) is 2.16. The SMILES string of the molecule is C[C@]12CC[C@@H]3c4ccc(O)cc4CC[C@@H]3[C@@H]1CC[C@@]2(O)/C=C/Br. The normalized spacial score (nSPS) is 42.3. The Bertz CT molecular complexity index is 655. The van der Waals surface area contributed by atoms with Crippen molar-refractivity contribution in [2.45, 2.75) is 57.0 Å². The number of aryl methyl sites for hydroxylation is 1. The van der Waals surface area contributed by atoms with Gasteiger partial charge in [-0.2, -0.15) is 0 Å². The second kappa shape index (κ2) is 5.35. The molecule has 124 valence electrons. The molecule has 0 amide bonds. The van der Waals surface area contributed by atoms with Crippen molar-refractivity contribution in [3.8, 4) is 5.75 Å². The summed E-state index contributed by atoms with van der Waals surface area (Å²) in [5.41, 5.74) is 2.12. The van der Waals surface area contributed by atoms with Crippen LogP contribution in [0, 0.1) is 17.3 Å². The lowest BCUT2D eigenvalue weighted by Crippen LogP contribution is -2.49. The Kier molecular flexibility index (Phi) is 3.66. The highest BCUT2D eigenvalue weighted by atomic mass is 79.9. The van der Waals surface area contributed by atoms with Gasteiger partial charge in [0.25, 0.3) is 0 Å². The maximum absolute atomic E-state index is 11.2. The molecule has 0 radical (unpaired) electrons. The molecule has 23 heavy (non-hydrogen) atoms. The number of hydrogen-bond donors (Lipinski definition) is 2. The Labute approximate surface area is 146 Å². The molecule has 3 aliphatic carbocycles. The number of aliphatic hydroxyl groups is 1. The molecule has 0 saturated heterocycles. The van der Waals surface area contributed by atoms with Crippen LogP contribution in [0.2, 0.25) is 0 Å². The highest BCUT2D eigenvalue weighted by Crippen LogP contribution is 2.64. The average Bonchev–Trinajstić information content (AvgIpc) is 2.79. The van der Waals surface area contributed by atoms with E-state index >= 15 is 0 Å². The molecule has 5 atom stereocenters. The van der Waals surface area contributed by atoms with Gasteiger partial charge >= 0.3 is 0 Å². The number of hydrogen-bond acceptors (Lipinski definition) is 2. The monoisotopic (exact) mass is 376 g/mol. The second-order valence-electron chi connectivity index (χ2n) is 8.01. The van der Waals surface area contributed by atoms with Gasteiger partial charge in [0.2, 0.25) is 0 Å². The summed E-state index contributed by atoms with van der Waals surface area (Å²) < 4.78 is 0. The van der Waals surface area contributed by atoms with Crippen LogP contribution in [-0.2, 0) is 6.42 Å². The van der Waals surface area contributed by atoms with Crippen LogP contribution in [0.15, 0.2) is 29.3 Å². The fourth-order valence-corrected chi connectivity index (χ4v) is 6.44. The van der Waals surface area contributed by atoms with Crippen LogP contribution in [0.5, 0.6) is 5.75 Å². The molecular formula is C20H25BrO2. The molecule has 0 spiro atoms. The number of phenols is 1. The smallest absolute Gasteiger partial charge is 0.115 e. The fraction of sp³-hybridized carbons (Fsp3) is 0.600. The summed E-state index contributed by atoms with van der Waals surface area (Å²) in [6.45, 7) is 2.31. The first-order chi connectivity index (χ1) is 11.0. The molecule has 0 aromatic heterocycles. The molecule has 2 saturated carbocycles. The number of rotatable bonds is 1. The second-order valence-corrected chi connectivity index (χ2v) is 8.54. The van der Waals surface area contributed by atoms with E-state index in [0.717, 1.165) is 32.1 Å². The largest absolute Gasteiger partial charge is 0.508 e. The first-order valence-corrected chi connectivity index (χ1v) is 9.72. The van der Waals surface area contributed by atoms with Crippen LogP contribution >= 0.6 is 15.9 Å². The number of aromatic hydroxyl groups is 1. The molecule has 1 aromatic carbocycles. The predicted octanol–water partition coefficient (Wildman–Crippen LogP) is 4.89. The minimum absolute atomic E-state index is 0.00708. The highest BCUT2D eigenvalue weighted by molar-refractivity contribution is 9.11. The van der Waals surface area contributed by atoms with Crippen molar-refractivity contribution in [3.63, 3.8) is 0 Å². The summed E-state index contributed by atoms with van der Waals surface area (Å²) in [5, 5.41) is 21.0. The van der Waals surface area contributed by atoms with E-state index < -0.39 is 5.60 Å². The topological polar surface area (TPSA) is 40.5 Å². The number of fused-ring (bicyclic) bond motifs is 5. The van der Waals surface area contributed by atoms with E-state index in [1.807, 2.05) is 23.2 Å². The van der Waals surface area contributed by atoms with Crippen molar-refractivity contribution in [1.82, 2.24) is 0 Å². The maximum atomic E-state index is 11.2. The minimum Gasteiger partial charge on any atom is -0.508 e. The summed E-state index contributed by atoms with van der Waals surface area (Å²) in [6, 6.07) is 5.94. The maximum Gasteiger partial charge on any atom is 0.115 e. The van der Waals surface area contributed by atoms with E-state index in [0.29, 0.717) is 23.5 Å². The summed E-state index contributed by atoms with van der Waals surface area (Å²) in [4.78, 5) is 1.84. The van der Waals surface area contributed by atoms with Gasteiger partial charge in [-0.25, -0.2) is 0 Å². The zero-order valence-electron chi connectivity index (χ0n) is 13.6. The Morgan fingerprint density at radius 3 is 2.83 bits per heavy atom. The van der Waals surface area contributed by atoms with E-state index in [-0.39, 0.29) is 5.41 Å². The zero-order valence-corrected chi connectivity index (χ0v) is 15.2. The molecule has 4 rings (SSSR count). The fourth-order valence-electron chi connectivity index (χ4n) is 6.00. The van der Waals surface area contributed by atoms with Gasteiger partial charge in [0, 0.05) is 5.41 Å². The molecule has 2 N–H and O–H groups in total.